The van der Waals surface area contributed by atoms with Crippen molar-refractivity contribution in [1.82, 2.24) is 19.9 Å². The van der Waals surface area contributed by atoms with Gasteiger partial charge in [0.05, 0.1) is 11.4 Å². The van der Waals surface area contributed by atoms with Gasteiger partial charge in [0.15, 0.2) is 5.65 Å². The minimum atomic E-state index is -0.388. The van der Waals surface area contributed by atoms with Crippen molar-refractivity contribution in [3.63, 3.8) is 0 Å². The lowest BCUT2D eigenvalue weighted by molar-refractivity contribution is 0.0931. The number of aromatic nitrogens is 3. The Morgan fingerprint density at radius 2 is 1.79 bits per heavy atom. The van der Waals surface area contributed by atoms with Crippen molar-refractivity contribution in [2.45, 2.75) is 26.3 Å². The lowest BCUT2D eigenvalue weighted by Gasteiger charge is -2.13. The number of hydrogen-bond acceptors (Lipinski definition) is 3. The van der Waals surface area contributed by atoms with E-state index in [-0.39, 0.29) is 17.8 Å². The smallest absolute Gasteiger partial charge is 0.270 e. The Morgan fingerprint density at radius 3 is 2.52 bits per heavy atom. The Morgan fingerprint density at radius 1 is 1.07 bits per heavy atom. The molecule has 4 aromatic rings. The summed E-state index contributed by atoms with van der Waals surface area (Å²) in [6.07, 6.45) is 0.800. The Bertz CT molecular complexity index is 1170. The molecular weight excluding hydrogens is 367 g/mol. The van der Waals surface area contributed by atoms with Crippen molar-refractivity contribution < 1.29 is 9.18 Å². The lowest BCUT2D eigenvalue weighted by Crippen LogP contribution is -2.33. The van der Waals surface area contributed by atoms with Crippen molar-refractivity contribution in [3.8, 4) is 22.5 Å². The van der Waals surface area contributed by atoms with Gasteiger partial charge in [-0.3, -0.25) is 4.79 Å². The number of carbonyl (C=O) groups is 1. The minimum Gasteiger partial charge on any atom is -0.348 e. The molecule has 4 rings (SSSR count). The Labute approximate surface area is 168 Å². The first-order valence-corrected chi connectivity index (χ1v) is 9.59. The van der Waals surface area contributed by atoms with Gasteiger partial charge in [0.25, 0.3) is 5.91 Å². The standard InChI is InChI=1S/C23H21FN4O/c1-3-15(2)25-23(29)21-13-20(17-11-7-8-12-18(17)24)26-22-14-19(27-28(21)22)16-9-5-4-6-10-16/h4-15H,3H2,1-2H3,(H,25,29). The van der Waals surface area contributed by atoms with Crippen LogP contribution in [0.5, 0.6) is 0 Å². The minimum absolute atomic E-state index is 0.00628. The zero-order valence-electron chi connectivity index (χ0n) is 16.3. The fourth-order valence-electron chi connectivity index (χ4n) is 3.09. The molecule has 0 spiro atoms. The zero-order chi connectivity index (χ0) is 20.4. The van der Waals surface area contributed by atoms with Crippen molar-refractivity contribution in [2.75, 3.05) is 0 Å². The van der Waals surface area contributed by atoms with E-state index in [0.29, 0.717) is 28.3 Å². The second-order valence-electron chi connectivity index (χ2n) is 6.95. The van der Waals surface area contributed by atoms with Crippen LogP contribution in [0.3, 0.4) is 0 Å². The molecule has 6 heteroatoms. The van der Waals surface area contributed by atoms with Crippen LogP contribution in [0.1, 0.15) is 30.8 Å². The molecule has 1 N–H and O–H groups in total. The third-order valence-corrected chi connectivity index (χ3v) is 4.87. The van der Waals surface area contributed by atoms with Crippen LogP contribution in [0.15, 0.2) is 66.7 Å². The van der Waals surface area contributed by atoms with Gasteiger partial charge >= 0.3 is 0 Å². The van der Waals surface area contributed by atoms with Gasteiger partial charge in [0.2, 0.25) is 0 Å². The fraction of sp³-hybridized carbons (Fsp3) is 0.174. The van der Waals surface area contributed by atoms with E-state index in [1.54, 1.807) is 30.3 Å². The second-order valence-corrected chi connectivity index (χ2v) is 6.95. The van der Waals surface area contributed by atoms with E-state index in [4.69, 9.17) is 0 Å². The molecule has 29 heavy (non-hydrogen) atoms. The summed E-state index contributed by atoms with van der Waals surface area (Å²) < 4.78 is 15.9. The largest absolute Gasteiger partial charge is 0.348 e. The monoisotopic (exact) mass is 388 g/mol. The molecule has 5 nitrogen and oxygen atoms in total. The molecule has 0 saturated heterocycles. The Balaban J connectivity index is 1.90. The van der Waals surface area contributed by atoms with Crippen LogP contribution >= 0.6 is 0 Å². The number of hydrogen-bond donors (Lipinski definition) is 1. The molecule has 1 atom stereocenters. The molecule has 0 saturated carbocycles. The van der Waals surface area contributed by atoms with Gasteiger partial charge in [-0.1, -0.05) is 49.4 Å². The maximum Gasteiger partial charge on any atom is 0.270 e. The average molecular weight is 388 g/mol. The van der Waals surface area contributed by atoms with Crippen molar-refractivity contribution in [3.05, 3.63) is 78.2 Å². The molecule has 1 unspecified atom stereocenters. The summed E-state index contributed by atoms with van der Waals surface area (Å²) in [4.78, 5) is 17.5. The van der Waals surface area contributed by atoms with Gasteiger partial charge in [-0.25, -0.2) is 13.9 Å². The van der Waals surface area contributed by atoms with Crippen LogP contribution in [0.25, 0.3) is 28.2 Å². The van der Waals surface area contributed by atoms with E-state index >= 15 is 0 Å². The van der Waals surface area contributed by atoms with Gasteiger partial charge in [-0.05, 0) is 31.5 Å². The quantitative estimate of drug-likeness (QED) is 0.538. The SMILES string of the molecule is CCC(C)NC(=O)c1cc(-c2ccccc2F)nc2cc(-c3ccccc3)nn12. The molecule has 0 bridgehead atoms. The summed E-state index contributed by atoms with van der Waals surface area (Å²) in [5.41, 5.74) is 3.15. The molecule has 0 aliphatic heterocycles. The normalized spacial score (nSPS) is 12.1. The van der Waals surface area contributed by atoms with E-state index in [0.717, 1.165) is 12.0 Å². The van der Waals surface area contributed by atoms with Gasteiger partial charge in [-0.15, -0.1) is 0 Å². The maximum atomic E-state index is 14.4. The number of amides is 1. The Kier molecular flexibility index (Phi) is 5.08. The molecule has 0 aliphatic carbocycles. The first-order valence-electron chi connectivity index (χ1n) is 9.59. The summed E-state index contributed by atoms with van der Waals surface area (Å²) in [5.74, 6) is -0.660. The Hall–Kier alpha value is -3.54. The van der Waals surface area contributed by atoms with Crippen molar-refractivity contribution in [2.24, 2.45) is 0 Å². The summed E-state index contributed by atoms with van der Waals surface area (Å²) in [6.45, 7) is 3.94. The number of halogens is 1. The summed E-state index contributed by atoms with van der Waals surface area (Å²) in [7, 11) is 0. The van der Waals surface area contributed by atoms with E-state index in [9.17, 15) is 9.18 Å². The average Bonchev–Trinajstić information content (AvgIpc) is 3.18. The molecular formula is C23H21FN4O. The van der Waals surface area contributed by atoms with Crippen LogP contribution in [0, 0.1) is 5.82 Å². The summed E-state index contributed by atoms with van der Waals surface area (Å²) in [6, 6.07) is 19.5. The summed E-state index contributed by atoms with van der Waals surface area (Å²) >= 11 is 0. The molecule has 146 valence electrons. The van der Waals surface area contributed by atoms with Gasteiger partial charge < -0.3 is 5.32 Å². The van der Waals surface area contributed by atoms with E-state index in [2.05, 4.69) is 15.4 Å². The second kappa shape index (κ2) is 7.83. The highest BCUT2D eigenvalue weighted by molar-refractivity contribution is 5.94. The molecule has 2 aromatic carbocycles. The first kappa shape index (κ1) is 18.8. The molecule has 2 aromatic heterocycles. The molecule has 0 radical (unpaired) electrons. The van der Waals surface area contributed by atoms with E-state index < -0.39 is 0 Å². The molecule has 1 amide bonds. The highest BCUT2D eigenvalue weighted by Crippen LogP contribution is 2.25. The van der Waals surface area contributed by atoms with Crippen molar-refractivity contribution in [1.29, 1.82) is 0 Å². The first-order chi connectivity index (χ1) is 14.1. The molecule has 2 heterocycles. The van der Waals surface area contributed by atoms with Crippen LogP contribution in [0.2, 0.25) is 0 Å². The number of benzene rings is 2. The predicted molar refractivity (Wildman–Crippen MR) is 111 cm³/mol. The van der Waals surface area contributed by atoms with Crippen LogP contribution in [0.4, 0.5) is 4.39 Å². The van der Waals surface area contributed by atoms with Gasteiger partial charge in [0.1, 0.15) is 11.5 Å². The van der Waals surface area contributed by atoms with Crippen LogP contribution in [-0.2, 0) is 0 Å². The third-order valence-electron chi connectivity index (χ3n) is 4.87. The van der Waals surface area contributed by atoms with E-state index in [1.165, 1.54) is 10.6 Å². The predicted octanol–water partition coefficient (Wildman–Crippen LogP) is 4.73. The molecule has 0 fully saturated rings. The number of nitrogens with one attached hydrogen (secondary N) is 1. The maximum absolute atomic E-state index is 14.4. The third kappa shape index (κ3) is 3.74. The highest BCUT2D eigenvalue weighted by Gasteiger charge is 2.19. The van der Waals surface area contributed by atoms with Gasteiger partial charge in [0, 0.05) is 23.2 Å². The summed E-state index contributed by atoms with van der Waals surface area (Å²) in [5, 5.41) is 7.55. The lowest BCUT2D eigenvalue weighted by atomic mass is 10.1. The topological polar surface area (TPSA) is 59.3 Å². The highest BCUT2D eigenvalue weighted by atomic mass is 19.1. The number of fused-ring (bicyclic) bond motifs is 1. The van der Waals surface area contributed by atoms with Crippen LogP contribution < -0.4 is 5.32 Å². The number of carbonyl (C=O) groups excluding carboxylic acids is 1. The van der Waals surface area contributed by atoms with Crippen molar-refractivity contribution >= 4 is 11.6 Å². The fourth-order valence-corrected chi connectivity index (χ4v) is 3.09. The van der Waals surface area contributed by atoms with Crippen LogP contribution in [-0.4, -0.2) is 26.5 Å². The molecule has 0 aliphatic rings. The number of rotatable bonds is 5. The zero-order valence-corrected chi connectivity index (χ0v) is 16.3. The van der Waals surface area contributed by atoms with Gasteiger partial charge in [-0.2, -0.15) is 5.10 Å². The van der Waals surface area contributed by atoms with E-state index in [1.807, 2.05) is 44.2 Å². The number of nitrogens with zero attached hydrogens (tertiary/aromatic N) is 3.